The topological polar surface area (TPSA) is 113 Å². The van der Waals surface area contributed by atoms with Gasteiger partial charge < -0.3 is 5.32 Å². The molecule has 8 nitrogen and oxygen atoms in total. The maximum Gasteiger partial charge on any atom is 0.289 e. The Bertz CT molecular complexity index is 972. The molecule has 1 fully saturated rings. The zero-order valence-electron chi connectivity index (χ0n) is 14.7. The number of imide groups is 1. The van der Waals surface area contributed by atoms with Crippen molar-refractivity contribution in [2.45, 2.75) is 23.7 Å². The first-order valence-corrected chi connectivity index (χ1v) is 11.5. The molecule has 3 amide bonds. The van der Waals surface area contributed by atoms with Gasteiger partial charge in [0.15, 0.2) is 0 Å². The Morgan fingerprint density at radius 1 is 1.21 bits per heavy atom. The smallest absolute Gasteiger partial charge is 0.289 e. The summed E-state index contributed by atoms with van der Waals surface area (Å²) in [6.07, 6.45) is 0. The van der Waals surface area contributed by atoms with Crippen LogP contribution in [0.2, 0.25) is 0 Å². The van der Waals surface area contributed by atoms with E-state index in [9.17, 15) is 22.8 Å². The van der Waals surface area contributed by atoms with E-state index in [0.29, 0.717) is 5.69 Å². The summed E-state index contributed by atoms with van der Waals surface area (Å²) in [7, 11) is -3.75. The maximum atomic E-state index is 12.3. The molecule has 1 aromatic carbocycles. The van der Waals surface area contributed by atoms with Crippen LogP contribution in [0.15, 0.2) is 46.0 Å². The molecular weight excluding hydrogens is 422 g/mol. The van der Waals surface area contributed by atoms with E-state index in [-0.39, 0.29) is 27.7 Å². The van der Waals surface area contributed by atoms with Crippen molar-refractivity contribution in [1.29, 1.82) is 0 Å². The molecular formula is C17H17N3O5S3. The van der Waals surface area contributed by atoms with Gasteiger partial charge in [-0.25, -0.2) is 8.42 Å². The number of thiophene rings is 1. The van der Waals surface area contributed by atoms with Crippen molar-refractivity contribution >= 4 is 55.9 Å². The fourth-order valence-corrected chi connectivity index (χ4v) is 5.36. The average Bonchev–Trinajstić information content (AvgIpc) is 3.29. The van der Waals surface area contributed by atoms with E-state index in [0.717, 1.165) is 28.7 Å². The van der Waals surface area contributed by atoms with E-state index in [1.165, 1.54) is 17.9 Å². The third-order valence-corrected chi connectivity index (χ3v) is 7.68. The molecule has 1 aliphatic heterocycles. The van der Waals surface area contributed by atoms with E-state index < -0.39 is 22.0 Å². The highest BCUT2D eigenvalue weighted by molar-refractivity contribution is 8.14. The first-order chi connectivity index (χ1) is 13.3. The zero-order valence-corrected chi connectivity index (χ0v) is 17.2. The van der Waals surface area contributed by atoms with Gasteiger partial charge in [0.2, 0.25) is 11.8 Å². The van der Waals surface area contributed by atoms with Gasteiger partial charge in [-0.3, -0.25) is 19.3 Å². The van der Waals surface area contributed by atoms with Crippen LogP contribution in [0.4, 0.5) is 10.5 Å². The molecule has 2 aromatic rings. The predicted octanol–water partition coefficient (Wildman–Crippen LogP) is 2.25. The molecule has 1 aromatic heterocycles. The fraction of sp³-hybridized carbons (Fsp3) is 0.235. The summed E-state index contributed by atoms with van der Waals surface area (Å²) in [4.78, 5) is 36.7. The molecule has 1 saturated heterocycles. The van der Waals surface area contributed by atoms with Gasteiger partial charge in [0, 0.05) is 5.69 Å². The normalized spacial score (nSPS) is 15.7. The Hall–Kier alpha value is -2.21. The van der Waals surface area contributed by atoms with Gasteiger partial charge in [-0.2, -0.15) is 4.72 Å². The Labute approximate surface area is 170 Å². The van der Waals surface area contributed by atoms with Crippen LogP contribution in [0.25, 0.3) is 0 Å². The standard InChI is InChI=1S/C17H17N3O5S3/c1-11(19-28(24,25)15-3-2-8-26-15)16(22)18-13-6-4-12(5-7-13)9-20-14(21)10-27-17(20)23/h2-8,11,19H,9-10H2,1H3,(H,18,22). The minimum atomic E-state index is -3.75. The number of rotatable bonds is 7. The lowest BCUT2D eigenvalue weighted by molar-refractivity contribution is -0.125. The van der Waals surface area contributed by atoms with Crippen molar-refractivity contribution in [2.75, 3.05) is 11.1 Å². The summed E-state index contributed by atoms with van der Waals surface area (Å²) in [5.41, 5.74) is 1.22. The summed E-state index contributed by atoms with van der Waals surface area (Å²) in [6.45, 7) is 1.63. The summed E-state index contributed by atoms with van der Waals surface area (Å²) in [5, 5.41) is 4.01. The van der Waals surface area contributed by atoms with Gasteiger partial charge in [0.1, 0.15) is 4.21 Å². The molecule has 0 radical (unpaired) electrons. The third-order valence-electron chi connectivity index (χ3n) is 3.89. The predicted molar refractivity (Wildman–Crippen MR) is 108 cm³/mol. The highest BCUT2D eigenvalue weighted by atomic mass is 32.2. The van der Waals surface area contributed by atoms with Crippen molar-refractivity contribution in [3.05, 3.63) is 47.3 Å². The van der Waals surface area contributed by atoms with E-state index in [1.54, 1.807) is 35.7 Å². The van der Waals surface area contributed by atoms with Crippen LogP contribution < -0.4 is 10.0 Å². The van der Waals surface area contributed by atoms with Gasteiger partial charge in [0.05, 0.1) is 18.3 Å². The van der Waals surface area contributed by atoms with E-state index in [4.69, 9.17) is 0 Å². The second-order valence-electron chi connectivity index (χ2n) is 6.00. The SMILES string of the molecule is CC(NS(=O)(=O)c1cccs1)C(=O)Nc1ccc(CN2C(=O)CSC2=O)cc1. The molecule has 2 heterocycles. The quantitative estimate of drug-likeness (QED) is 0.684. The third kappa shape index (κ3) is 4.79. The molecule has 0 spiro atoms. The van der Waals surface area contributed by atoms with E-state index in [2.05, 4.69) is 10.0 Å². The molecule has 0 aliphatic carbocycles. The second kappa shape index (κ2) is 8.43. The van der Waals surface area contributed by atoms with Crippen LogP contribution in [-0.2, 0) is 26.2 Å². The molecule has 1 unspecified atom stereocenters. The van der Waals surface area contributed by atoms with Crippen LogP contribution >= 0.6 is 23.1 Å². The summed E-state index contributed by atoms with van der Waals surface area (Å²) in [6, 6.07) is 8.76. The summed E-state index contributed by atoms with van der Waals surface area (Å²) in [5.74, 6) is -0.569. The molecule has 2 N–H and O–H groups in total. The largest absolute Gasteiger partial charge is 0.325 e. The lowest BCUT2D eigenvalue weighted by atomic mass is 10.2. The first kappa shape index (κ1) is 20.5. The number of carbonyl (C=O) groups is 3. The lowest BCUT2D eigenvalue weighted by Gasteiger charge is -2.15. The van der Waals surface area contributed by atoms with E-state index >= 15 is 0 Å². The minimum Gasteiger partial charge on any atom is -0.325 e. The lowest BCUT2D eigenvalue weighted by Crippen LogP contribution is -2.41. The van der Waals surface area contributed by atoms with Crippen LogP contribution in [0.3, 0.4) is 0 Å². The van der Waals surface area contributed by atoms with Crippen LogP contribution in [-0.4, -0.2) is 42.2 Å². The van der Waals surface area contributed by atoms with Crippen molar-refractivity contribution in [2.24, 2.45) is 0 Å². The maximum absolute atomic E-state index is 12.3. The number of sulfonamides is 1. The number of hydrogen-bond donors (Lipinski definition) is 2. The summed E-state index contributed by atoms with van der Waals surface area (Å²) < 4.78 is 26.8. The Morgan fingerprint density at radius 3 is 2.50 bits per heavy atom. The Balaban J connectivity index is 1.58. The molecule has 148 valence electrons. The van der Waals surface area contributed by atoms with Gasteiger partial charge >= 0.3 is 0 Å². The molecule has 28 heavy (non-hydrogen) atoms. The number of benzene rings is 1. The highest BCUT2D eigenvalue weighted by Crippen LogP contribution is 2.22. The van der Waals surface area contributed by atoms with Gasteiger partial charge in [-0.1, -0.05) is 30.0 Å². The van der Waals surface area contributed by atoms with Crippen molar-refractivity contribution in [1.82, 2.24) is 9.62 Å². The molecule has 0 bridgehead atoms. The van der Waals surface area contributed by atoms with Gasteiger partial charge in [-0.05, 0) is 36.1 Å². The Morgan fingerprint density at radius 2 is 1.93 bits per heavy atom. The zero-order chi connectivity index (χ0) is 20.3. The van der Waals surface area contributed by atoms with Crippen molar-refractivity contribution in [3.63, 3.8) is 0 Å². The number of thioether (sulfide) groups is 1. The molecule has 1 aliphatic rings. The number of anilines is 1. The van der Waals surface area contributed by atoms with Gasteiger partial charge in [-0.15, -0.1) is 11.3 Å². The highest BCUT2D eigenvalue weighted by Gasteiger charge is 2.29. The van der Waals surface area contributed by atoms with Crippen LogP contribution in [0.5, 0.6) is 0 Å². The molecule has 11 heteroatoms. The number of hydrogen-bond acceptors (Lipinski definition) is 7. The minimum absolute atomic E-state index is 0.140. The van der Waals surface area contributed by atoms with Gasteiger partial charge in [0.25, 0.3) is 15.3 Å². The molecule has 3 rings (SSSR count). The van der Waals surface area contributed by atoms with Crippen molar-refractivity contribution < 1.29 is 22.8 Å². The average molecular weight is 440 g/mol. The second-order valence-corrected chi connectivity index (χ2v) is 9.81. The van der Waals surface area contributed by atoms with E-state index in [1.807, 2.05) is 0 Å². The van der Waals surface area contributed by atoms with Crippen LogP contribution in [0, 0.1) is 0 Å². The van der Waals surface area contributed by atoms with Crippen molar-refractivity contribution in [3.8, 4) is 0 Å². The fourth-order valence-electron chi connectivity index (χ4n) is 2.42. The molecule has 0 saturated carbocycles. The number of carbonyl (C=O) groups excluding carboxylic acids is 3. The Kier molecular flexibility index (Phi) is 6.18. The summed E-state index contributed by atoms with van der Waals surface area (Å²) >= 11 is 2.04. The number of nitrogens with zero attached hydrogens (tertiary/aromatic N) is 1. The monoisotopic (exact) mass is 439 g/mol. The molecule has 1 atom stereocenters. The number of nitrogens with one attached hydrogen (secondary N) is 2. The first-order valence-electron chi connectivity index (χ1n) is 8.19. The number of amides is 3. The van der Waals surface area contributed by atoms with Crippen LogP contribution in [0.1, 0.15) is 12.5 Å².